The summed E-state index contributed by atoms with van der Waals surface area (Å²) in [5.41, 5.74) is 1.77. The summed E-state index contributed by atoms with van der Waals surface area (Å²) in [5.74, 6) is -0.840. The second kappa shape index (κ2) is 14.0. The van der Waals surface area contributed by atoms with Crippen molar-refractivity contribution in [1.82, 2.24) is 10.2 Å². The van der Waals surface area contributed by atoms with Crippen LogP contribution in [0.25, 0.3) is 0 Å². The molecule has 41 heavy (non-hydrogen) atoms. The highest BCUT2D eigenvalue weighted by molar-refractivity contribution is 7.92. The first-order valence-corrected chi connectivity index (χ1v) is 14.6. The fraction of sp³-hybridized carbons (Fsp3) is 0.333. The van der Waals surface area contributed by atoms with Crippen molar-refractivity contribution < 1.29 is 31.9 Å². The van der Waals surface area contributed by atoms with Crippen LogP contribution >= 0.6 is 0 Å². The van der Waals surface area contributed by atoms with Crippen LogP contribution in [0.4, 0.5) is 10.1 Å². The zero-order valence-electron chi connectivity index (χ0n) is 23.9. The molecular formula is C30H36FN3O6S. The average molecular weight is 586 g/mol. The monoisotopic (exact) mass is 585 g/mol. The number of hydrogen-bond donors (Lipinski definition) is 1. The number of carbonyl (C=O) groups excluding carboxylic acids is 2. The van der Waals surface area contributed by atoms with Gasteiger partial charge in [0.25, 0.3) is 10.0 Å². The van der Waals surface area contributed by atoms with E-state index in [1.165, 1.54) is 61.6 Å². The predicted octanol–water partition coefficient (Wildman–Crippen LogP) is 4.29. The lowest BCUT2D eigenvalue weighted by Gasteiger charge is -2.33. The summed E-state index contributed by atoms with van der Waals surface area (Å²) in [6.07, 6.45) is 0.283. The molecule has 0 saturated heterocycles. The highest BCUT2D eigenvalue weighted by Crippen LogP contribution is 2.32. The smallest absolute Gasteiger partial charge is 0.264 e. The van der Waals surface area contributed by atoms with Crippen LogP contribution in [0.1, 0.15) is 31.4 Å². The van der Waals surface area contributed by atoms with Crippen LogP contribution in [0, 0.1) is 12.7 Å². The van der Waals surface area contributed by atoms with Gasteiger partial charge < -0.3 is 19.7 Å². The summed E-state index contributed by atoms with van der Waals surface area (Å²) < 4.78 is 53.3. The van der Waals surface area contributed by atoms with E-state index in [0.29, 0.717) is 17.9 Å². The van der Waals surface area contributed by atoms with E-state index in [-0.39, 0.29) is 35.2 Å². The minimum atomic E-state index is -4.29. The molecule has 0 saturated carbocycles. The second-order valence-electron chi connectivity index (χ2n) is 9.33. The number of likely N-dealkylation sites (N-methyl/N-ethyl adjacent to an activating group) is 1. The van der Waals surface area contributed by atoms with Crippen molar-refractivity contribution in [3.05, 3.63) is 83.7 Å². The predicted molar refractivity (Wildman–Crippen MR) is 155 cm³/mol. The van der Waals surface area contributed by atoms with Crippen molar-refractivity contribution >= 4 is 27.5 Å². The van der Waals surface area contributed by atoms with Gasteiger partial charge >= 0.3 is 0 Å². The van der Waals surface area contributed by atoms with Gasteiger partial charge in [0.15, 0.2) is 11.5 Å². The number of ether oxygens (including phenoxy) is 2. The van der Waals surface area contributed by atoms with Gasteiger partial charge in [-0.1, -0.05) is 36.8 Å². The van der Waals surface area contributed by atoms with Crippen molar-refractivity contribution in [2.75, 3.05) is 31.6 Å². The van der Waals surface area contributed by atoms with Gasteiger partial charge in [0.1, 0.15) is 18.4 Å². The second-order valence-corrected chi connectivity index (χ2v) is 11.2. The minimum absolute atomic E-state index is 0.0209. The zero-order chi connectivity index (χ0) is 30.2. The quantitative estimate of drug-likeness (QED) is 0.321. The van der Waals surface area contributed by atoms with Gasteiger partial charge in [-0.05, 0) is 62.2 Å². The number of hydrogen-bond acceptors (Lipinski definition) is 6. The molecule has 0 fully saturated rings. The van der Waals surface area contributed by atoms with Gasteiger partial charge in [0, 0.05) is 19.2 Å². The largest absolute Gasteiger partial charge is 0.493 e. The number of halogens is 1. The third kappa shape index (κ3) is 7.55. The van der Waals surface area contributed by atoms with E-state index in [1.807, 2.05) is 6.92 Å². The summed E-state index contributed by atoms with van der Waals surface area (Å²) in [6, 6.07) is 15.6. The molecule has 1 atom stereocenters. The van der Waals surface area contributed by atoms with Crippen LogP contribution < -0.4 is 19.1 Å². The highest BCUT2D eigenvalue weighted by Gasteiger charge is 2.34. The van der Waals surface area contributed by atoms with Crippen LogP contribution in [0.5, 0.6) is 11.5 Å². The van der Waals surface area contributed by atoms with Crippen LogP contribution in [0.15, 0.2) is 71.6 Å². The fourth-order valence-corrected chi connectivity index (χ4v) is 5.77. The van der Waals surface area contributed by atoms with Gasteiger partial charge in [-0.15, -0.1) is 0 Å². The molecule has 0 spiro atoms. The average Bonchev–Trinajstić information content (AvgIpc) is 2.96. The Morgan fingerprint density at radius 3 is 2.12 bits per heavy atom. The van der Waals surface area contributed by atoms with Crippen molar-refractivity contribution in [2.45, 2.75) is 44.7 Å². The number of benzene rings is 3. The molecule has 0 aliphatic heterocycles. The molecule has 1 N–H and O–H groups in total. The number of carbonyl (C=O) groups is 2. The molecule has 11 heteroatoms. The Kier molecular flexibility index (Phi) is 10.7. The summed E-state index contributed by atoms with van der Waals surface area (Å²) in [5, 5.41) is 2.75. The van der Waals surface area contributed by atoms with Crippen molar-refractivity contribution in [1.29, 1.82) is 0 Å². The lowest BCUT2D eigenvalue weighted by Crippen LogP contribution is -2.52. The van der Waals surface area contributed by atoms with Crippen LogP contribution in [0.3, 0.4) is 0 Å². The molecule has 220 valence electrons. The Hall–Kier alpha value is -4.12. The van der Waals surface area contributed by atoms with Crippen molar-refractivity contribution in [3.63, 3.8) is 0 Å². The van der Waals surface area contributed by atoms with Gasteiger partial charge in [0.2, 0.25) is 11.8 Å². The zero-order valence-corrected chi connectivity index (χ0v) is 24.7. The van der Waals surface area contributed by atoms with Crippen LogP contribution in [0.2, 0.25) is 0 Å². The van der Waals surface area contributed by atoms with E-state index in [4.69, 9.17) is 9.47 Å². The number of nitrogens with one attached hydrogen (secondary N) is 1. The maximum atomic E-state index is 14.1. The van der Waals surface area contributed by atoms with Crippen molar-refractivity contribution in [2.24, 2.45) is 0 Å². The van der Waals surface area contributed by atoms with Gasteiger partial charge in [-0.25, -0.2) is 12.8 Å². The Morgan fingerprint density at radius 1 is 0.927 bits per heavy atom. The van der Waals surface area contributed by atoms with Crippen molar-refractivity contribution in [3.8, 4) is 11.5 Å². The van der Waals surface area contributed by atoms with E-state index in [9.17, 15) is 22.4 Å². The minimum Gasteiger partial charge on any atom is -0.493 e. The molecular weight excluding hydrogens is 549 g/mol. The van der Waals surface area contributed by atoms with E-state index in [0.717, 1.165) is 9.87 Å². The maximum Gasteiger partial charge on any atom is 0.264 e. The Labute approximate surface area is 240 Å². The number of aryl methyl sites for hydroxylation is 1. The van der Waals surface area contributed by atoms with E-state index >= 15 is 0 Å². The molecule has 0 aliphatic rings. The molecule has 0 radical (unpaired) electrons. The van der Waals surface area contributed by atoms with E-state index in [1.54, 1.807) is 38.1 Å². The Balaban J connectivity index is 2.09. The normalized spacial score (nSPS) is 11.9. The highest BCUT2D eigenvalue weighted by atomic mass is 32.2. The first-order chi connectivity index (χ1) is 19.5. The summed E-state index contributed by atoms with van der Waals surface area (Å²) >= 11 is 0. The van der Waals surface area contributed by atoms with Crippen LogP contribution in [-0.2, 0) is 26.2 Å². The first-order valence-electron chi connectivity index (χ1n) is 13.2. The standard InChI is InChI=1S/C30H36FN3O6S/c1-6-26(30(36)32-7-2)33(19-22-10-12-23(31)13-11-22)29(35)20-34(24-14-8-21(3)9-15-24)41(37,38)25-16-17-27(39-4)28(18-25)40-5/h8-18,26H,6-7,19-20H2,1-5H3,(H,32,36). The van der Waals surface area contributed by atoms with Gasteiger partial charge in [-0.2, -0.15) is 0 Å². The van der Waals surface area contributed by atoms with Gasteiger partial charge in [0.05, 0.1) is 24.8 Å². The molecule has 0 aromatic heterocycles. The first kappa shape index (κ1) is 31.4. The summed E-state index contributed by atoms with van der Waals surface area (Å²) in [7, 11) is -1.45. The summed E-state index contributed by atoms with van der Waals surface area (Å²) in [4.78, 5) is 28.2. The molecule has 3 rings (SSSR count). The topological polar surface area (TPSA) is 105 Å². The SMILES string of the molecule is CCNC(=O)C(CC)N(Cc1ccc(F)cc1)C(=O)CN(c1ccc(C)cc1)S(=O)(=O)c1ccc(OC)c(OC)c1. The van der Waals surface area contributed by atoms with Crippen LogP contribution in [-0.4, -0.2) is 58.5 Å². The molecule has 3 aromatic carbocycles. The van der Waals surface area contributed by atoms with E-state index in [2.05, 4.69) is 5.32 Å². The van der Waals surface area contributed by atoms with E-state index < -0.39 is 34.3 Å². The third-order valence-electron chi connectivity index (χ3n) is 6.55. The van der Waals surface area contributed by atoms with Gasteiger partial charge in [-0.3, -0.25) is 13.9 Å². The Morgan fingerprint density at radius 2 is 1.56 bits per heavy atom. The number of anilines is 1. The molecule has 9 nitrogen and oxygen atoms in total. The lowest BCUT2D eigenvalue weighted by molar-refractivity contribution is -0.140. The number of rotatable bonds is 13. The maximum absolute atomic E-state index is 14.1. The molecule has 0 aliphatic carbocycles. The molecule has 2 amide bonds. The number of nitrogens with zero attached hydrogens (tertiary/aromatic N) is 2. The number of methoxy groups -OCH3 is 2. The lowest BCUT2D eigenvalue weighted by atomic mass is 10.1. The number of amides is 2. The summed E-state index contributed by atoms with van der Waals surface area (Å²) in [6.45, 7) is 5.15. The molecule has 0 heterocycles. The molecule has 0 bridgehead atoms. The Bertz CT molecular complexity index is 1450. The fourth-order valence-electron chi connectivity index (χ4n) is 4.34. The molecule has 1 unspecified atom stereocenters. The number of sulfonamides is 1. The molecule has 3 aromatic rings. The third-order valence-corrected chi connectivity index (χ3v) is 8.32.